The molecule has 1 amide bonds. The predicted octanol–water partition coefficient (Wildman–Crippen LogP) is 2.64. The molecule has 0 saturated heterocycles. The summed E-state index contributed by atoms with van der Waals surface area (Å²) in [5.41, 5.74) is 2.43. The molecule has 19 heavy (non-hydrogen) atoms. The normalized spacial score (nSPS) is 38.4. The number of phenols is 1. The second-order valence-corrected chi connectivity index (χ2v) is 6.59. The van der Waals surface area contributed by atoms with Gasteiger partial charge < -0.3 is 10.0 Å². The van der Waals surface area contributed by atoms with Crippen LogP contribution >= 0.6 is 0 Å². The molecule has 2 atom stereocenters. The Balaban J connectivity index is 1.70. The Morgan fingerprint density at radius 1 is 1.37 bits per heavy atom. The number of nitrogens with zero attached hydrogens (tertiary/aromatic N) is 1. The molecule has 100 valence electrons. The average molecular weight is 257 g/mol. The number of benzene rings is 1. The topological polar surface area (TPSA) is 40.5 Å². The molecule has 3 nitrogen and oxygen atoms in total. The fourth-order valence-electron chi connectivity index (χ4n) is 3.81. The molecule has 1 N–H and O–H groups in total. The van der Waals surface area contributed by atoms with Crippen molar-refractivity contribution in [2.24, 2.45) is 11.3 Å². The highest BCUT2D eigenvalue weighted by molar-refractivity contribution is 5.90. The number of aromatic hydroxyl groups is 1. The van der Waals surface area contributed by atoms with Crippen molar-refractivity contribution in [1.82, 2.24) is 4.90 Å². The minimum absolute atomic E-state index is 0.0525. The molecule has 2 saturated carbocycles. The second-order valence-electron chi connectivity index (χ2n) is 6.59. The van der Waals surface area contributed by atoms with E-state index >= 15 is 0 Å². The fraction of sp³-hybridized carbons (Fsp3) is 0.562. The van der Waals surface area contributed by atoms with Crippen molar-refractivity contribution in [1.29, 1.82) is 0 Å². The van der Waals surface area contributed by atoms with E-state index in [4.69, 9.17) is 0 Å². The van der Waals surface area contributed by atoms with Crippen molar-refractivity contribution >= 4 is 5.91 Å². The van der Waals surface area contributed by atoms with E-state index in [2.05, 4.69) is 18.7 Å². The first-order valence-corrected chi connectivity index (χ1v) is 7.17. The Bertz CT molecular complexity index is 574. The van der Waals surface area contributed by atoms with Crippen LogP contribution in [-0.2, 0) is 11.2 Å². The molecule has 2 fully saturated rings. The van der Waals surface area contributed by atoms with Gasteiger partial charge >= 0.3 is 0 Å². The zero-order chi connectivity index (χ0) is 13.4. The number of hydrogen-bond donors (Lipinski definition) is 1. The molecule has 0 radical (unpaired) electrons. The second kappa shape index (κ2) is 3.33. The largest absolute Gasteiger partial charge is 0.508 e. The van der Waals surface area contributed by atoms with E-state index in [0.29, 0.717) is 17.6 Å². The zero-order valence-corrected chi connectivity index (χ0v) is 11.4. The van der Waals surface area contributed by atoms with Gasteiger partial charge in [0, 0.05) is 6.04 Å². The first-order valence-electron chi connectivity index (χ1n) is 7.17. The van der Waals surface area contributed by atoms with Crippen molar-refractivity contribution in [3.05, 3.63) is 29.3 Å². The van der Waals surface area contributed by atoms with E-state index in [1.807, 2.05) is 12.1 Å². The van der Waals surface area contributed by atoms with E-state index in [9.17, 15) is 9.90 Å². The summed E-state index contributed by atoms with van der Waals surface area (Å²) >= 11 is 0. The van der Waals surface area contributed by atoms with Crippen LogP contribution in [0.3, 0.4) is 0 Å². The number of rotatable bonds is 1. The maximum atomic E-state index is 12.7. The summed E-state index contributed by atoms with van der Waals surface area (Å²) in [5, 5.41) is 9.60. The number of hydrogen-bond acceptors (Lipinski definition) is 2. The molecule has 2 aliphatic carbocycles. The minimum atomic E-state index is 0.0525. The summed E-state index contributed by atoms with van der Waals surface area (Å²) in [6.45, 7) is 4.23. The van der Waals surface area contributed by atoms with Gasteiger partial charge in [0.1, 0.15) is 5.75 Å². The van der Waals surface area contributed by atoms with Gasteiger partial charge in [0.05, 0.1) is 11.5 Å². The molecule has 2 unspecified atom stereocenters. The van der Waals surface area contributed by atoms with Gasteiger partial charge in [-0.3, -0.25) is 4.79 Å². The smallest absolute Gasteiger partial charge is 0.229 e. The molecule has 0 spiro atoms. The summed E-state index contributed by atoms with van der Waals surface area (Å²) in [4.78, 5) is 14.8. The number of amides is 1. The maximum absolute atomic E-state index is 12.7. The summed E-state index contributed by atoms with van der Waals surface area (Å²) in [6.07, 6.45) is 3.08. The monoisotopic (exact) mass is 257 g/mol. The Kier molecular flexibility index (Phi) is 1.98. The standard InChI is InChI=1S/C16H19NO2/c1-9-5-11-6-13(18)3-4-14(11)10(2)17(9)15(19)16-7-12(16)8-16/h3-4,6,9-10,12,18H,5,7-8H2,1-2H3. The molecule has 3 aliphatic rings. The quantitative estimate of drug-likeness (QED) is 0.840. The van der Waals surface area contributed by atoms with Crippen molar-refractivity contribution in [2.45, 2.75) is 45.2 Å². The van der Waals surface area contributed by atoms with Crippen LogP contribution in [0.2, 0.25) is 0 Å². The lowest BCUT2D eigenvalue weighted by Gasteiger charge is -2.41. The molecule has 4 rings (SSSR count). The van der Waals surface area contributed by atoms with E-state index in [0.717, 1.165) is 19.3 Å². The maximum Gasteiger partial charge on any atom is 0.229 e. The highest BCUT2D eigenvalue weighted by atomic mass is 16.3. The van der Waals surface area contributed by atoms with Gasteiger partial charge in [-0.05, 0) is 62.3 Å². The lowest BCUT2D eigenvalue weighted by atomic mass is 9.88. The molecule has 1 aromatic carbocycles. The molecule has 3 heteroatoms. The summed E-state index contributed by atoms with van der Waals surface area (Å²) in [6, 6.07) is 5.90. The third-order valence-electron chi connectivity index (χ3n) is 5.33. The summed E-state index contributed by atoms with van der Waals surface area (Å²) < 4.78 is 0. The first kappa shape index (κ1) is 11.3. The lowest BCUT2D eigenvalue weighted by Crippen LogP contribution is -2.46. The minimum Gasteiger partial charge on any atom is -0.508 e. The van der Waals surface area contributed by atoms with Crippen LogP contribution in [0.15, 0.2) is 18.2 Å². The van der Waals surface area contributed by atoms with Crippen LogP contribution in [0, 0.1) is 11.3 Å². The van der Waals surface area contributed by atoms with Gasteiger partial charge in [-0.2, -0.15) is 0 Å². The van der Waals surface area contributed by atoms with Crippen LogP contribution in [0.25, 0.3) is 0 Å². The molecule has 0 bridgehead atoms. The molecular formula is C16H19NO2. The Morgan fingerprint density at radius 3 is 2.68 bits per heavy atom. The van der Waals surface area contributed by atoms with Crippen LogP contribution in [0.4, 0.5) is 0 Å². The molecule has 1 aromatic rings. The van der Waals surface area contributed by atoms with Gasteiger partial charge in [-0.1, -0.05) is 6.07 Å². The SMILES string of the molecule is CC1Cc2cc(O)ccc2C(C)N1C(=O)C12CC1C2. The summed E-state index contributed by atoms with van der Waals surface area (Å²) in [7, 11) is 0. The number of fused-ring (bicyclic) bond motifs is 2. The van der Waals surface area contributed by atoms with Crippen molar-refractivity contribution in [3.63, 3.8) is 0 Å². The summed E-state index contributed by atoms with van der Waals surface area (Å²) in [5.74, 6) is 1.39. The van der Waals surface area contributed by atoms with Gasteiger partial charge in [0.15, 0.2) is 0 Å². The number of phenolic OH excluding ortho intramolecular Hbond substituents is 1. The molecular weight excluding hydrogens is 238 g/mol. The van der Waals surface area contributed by atoms with E-state index in [1.54, 1.807) is 6.07 Å². The highest BCUT2D eigenvalue weighted by Gasteiger charge is 2.75. The molecule has 0 aromatic heterocycles. The third kappa shape index (κ3) is 1.41. The first-order chi connectivity index (χ1) is 9.03. The molecule has 1 heterocycles. The Morgan fingerprint density at radius 2 is 2.05 bits per heavy atom. The van der Waals surface area contributed by atoms with Gasteiger partial charge in [-0.15, -0.1) is 0 Å². The van der Waals surface area contributed by atoms with Crippen LogP contribution < -0.4 is 0 Å². The predicted molar refractivity (Wildman–Crippen MR) is 71.7 cm³/mol. The molecule has 1 aliphatic heterocycles. The lowest BCUT2D eigenvalue weighted by molar-refractivity contribution is -0.140. The van der Waals surface area contributed by atoms with Crippen molar-refractivity contribution in [3.8, 4) is 5.75 Å². The number of carbonyl (C=O) groups excluding carboxylic acids is 1. The van der Waals surface area contributed by atoms with Crippen molar-refractivity contribution < 1.29 is 9.90 Å². The van der Waals surface area contributed by atoms with Gasteiger partial charge in [0.25, 0.3) is 0 Å². The van der Waals surface area contributed by atoms with E-state index < -0.39 is 0 Å². The van der Waals surface area contributed by atoms with E-state index in [1.165, 1.54) is 11.1 Å². The third-order valence-corrected chi connectivity index (χ3v) is 5.33. The average Bonchev–Trinajstić information content (AvgIpc) is 3.16. The van der Waals surface area contributed by atoms with E-state index in [-0.39, 0.29) is 17.5 Å². The van der Waals surface area contributed by atoms with Gasteiger partial charge in [-0.25, -0.2) is 0 Å². The zero-order valence-electron chi connectivity index (χ0n) is 11.4. The van der Waals surface area contributed by atoms with Crippen LogP contribution in [0.1, 0.15) is 43.9 Å². The van der Waals surface area contributed by atoms with Crippen LogP contribution in [0.5, 0.6) is 5.75 Å². The fourth-order valence-corrected chi connectivity index (χ4v) is 3.81. The Hall–Kier alpha value is -1.51. The highest BCUT2D eigenvalue weighted by Crippen LogP contribution is 2.76. The Labute approximate surface area is 113 Å². The van der Waals surface area contributed by atoms with Crippen molar-refractivity contribution in [2.75, 3.05) is 0 Å². The number of carbonyl (C=O) groups is 1. The van der Waals surface area contributed by atoms with Crippen LogP contribution in [-0.4, -0.2) is 22.0 Å². The van der Waals surface area contributed by atoms with Gasteiger partial charge in [0.2, 0.25) is 5.91 Å².